The Morgan fingerprint density at radius 3 is 2.62 bits per heavy atom. The van der Waals surface area contributed by atoms with Crippen molar-refractivity contribution >= 4 is 22.6 Å². The summed E-state index contributed by atoms with van der Waals surface area (Å²) >= 11 is 0. The number of hydrogen-bond donors (Lipinski definition) is 1. The van der Waals surface area contributed by atoms with E-state index in [0.29, 0.717) is 10.8 Å². The van der Waals surface area contributed by atoms with E-state index in [4.69, 9.17) is 0 Å². The number of aryl methyl sites for hydroxylation is 1. The van der Waals surface area contributed by atoms with E-state index in [1.165, 1.54) is 14.2 Å². The van der Waals surface area contributed by atoms with Crippen LogP contribution in [0.5, 0.6) is 0 Å². The highest BCUT2D eigenvalue weighted by Crippen LogP contribution is 2.12. The second kappa shape index (κ2) is 6.17. The molecule has 1 aromatic carbocycles. The number of methoxy groups -OCH3 is 1. The number of ether oxygens (including phenoxy) is 1. The summed E-state index contributed by atoms with van der Waals surface area (Å²) in [7, 11) is 2.77. The van der Waals surface area contributed by atoms with Gasteiger partial charge in [-0.05, 0) is 6.07 Å². The lowest BCUT2D eigenvalue weighted by atomic mass is 10.1. The molecule has 7 heteroatoms. The molecule has 0 saturated carbocycles. The monoisotopic (exact) mass is 289 g/mol. The van der Waals surface area contributed by atoms with Crippen LogP contribution < -0.4 is 10.9 Å². The first-order valence-corrected chi connectivity index (χ1v) is 6.35. The van der Waals surface area contributed by atoms with E-state index in [0.717, 1.165) is 4.68 Å². The zero-order chi connectivity index (χ0) is 15.4. The minimum absolute atomic E-state index is 0.0753. The number of benzene rings is 1. The molecule has 0 unspecified atom stereocenters. The molecule has 0 fully saturated rings. The van der Waals surface area contributed by atoms with E-state index in [-0.39, 0.29) is 24.2 Å². The average Bonchev–Trinajstić information content (AvgIpc) is 2.50. The highest BCUT2D eigenvalue weighted by Gasteiger charge is 2.15. The molecule has 0 spiro atoms. The molecule has 2 rings (SSSR count). The van der Waals surface area contributed by atoms with Crippen molar-refractivity contribution in [3.63, 3.8) is 0 Å². The molecule has 0 saturated heterocycles. The number of rotatable bonds is 4. The molecule has 1 amide bonds. The SMILES string of the molecule is COC(=O)CCNC(=O)c1nn(C)c(=O)c2ccccc12. The maximum absolute atomic E-state index is 12.2. The van der Waals surface area contributed by atoms with Crippen molar-refractivity contribution in [3.8, 4) is 0 Å². The van der Waals surface area contributed by atoms with Gasteiger partial charge in [0.2, 0.25) is 0 Å². The summed E-state index contributed by atoms with van der Waals surface area (Å²) in [6.07, 6.45) is 0.0753. The fourth-order valence-corrected chi connectivity index (χ4v) is 1.93. The fourth-order valence-electron chi connectivity index (χ4n) is 1.93. The topological polar surface area (TPSA) is 90.3 Å². The molecule has 0 aliphatic carbocycles. The molecule has 2 aromatic rings. The number of hydrogen-bond acceptors (Lipinski definition) is 5. The van der Waals surface area contributed by atoms with E-state index in [1.54, 1.807) is 24.3 Å². The summed E-state index contributed by atoms with van der Waals surface area (Å²) in [5.74, 6) is -0.848. The third-order valence-electron chi connectivity index (χ3n) is 3.01. The third kappa shape index (κ3) is 3.07. The van der Waals surface area contributed by atoms with Crippen LogP contribution in [0.1, 0.15) is 16.9 Å². The highest BCUT2D eigenvalue weighted by atomic mass is 16.5. The van der Waals surface area contributed by atoms with Gasteiger partial charge in [-0.1, -0.05) is 18.2 Å². The summed E-state index contributed by atoms with van der Waals surface area (Å²) in [5.41, 5.74) is -0.116. The zero-order valence-corrected chi connectivity index (χ0v) is 11.8. The lowest BCUT2D eigenvalue weighted by molar-refractivity contribution is -0.140. The fraction of sp³-hybridized carbons (Fsp3) is 0.286. The number of nitrogens with zero attached hydrogens (tertiary/aromatic N) is 2. The van der Waals surface area contributed by atoms with E-state index in [9.17, 15) is 14.4 Å². The van der Waals surface area contributed by atoms with Crippen LogP contribution in [0.15, 0.2) is 29.1 Å². The van der Waals surface area contributed by atoms with Crippen molar-refractivity contribution in [2.45, 2.75) is 6.42 Å². The molecule has 0 bridgehead atoms. The Labute approximate surface area is 120 Å². The number of amides is 1. The predicted molar refractivity (Wildman–Crippen MR) is 76.0 cm³/mol. The molecule has 21 heavy (non-hydrogen) atoms. The zero-order valence-electron chi connectivity index (χ0n) is 11.8. The Morgan fingerprint density at radius 2 is 1.95 bits per heavy atom. The highest BCUT2D eigenvalue weighted by molar-refractivity contribution is 6.04. The first kappa shape index (κ1) is 14.7. The number of nitrogens with one attached hydrogen (secondary N) is 1. The largest absolute Gasteiger partial charge is 0.469 e. The van der Waals surface area contributed by atoms with Crippen LogP contribution in [0, 0.1) is 0 Å². The number of carbonyl (C=O) groups excluding carboxylic acids is 2. The lowest BCUT2D eigenvalue weighted by Gasteiger charge is -2.08. The van der Waals surface area contributed by atoms with Gasteiger partial charge in [0, 0.05) is 19.0 Å². The van der Waals surface area contributed by atoms with Gasteiger partial charge in [-0.2, -0.15) is 5.10 Å². The quantitative estimate of drug-likeness (QED) is 0.813. The van der Waals surface area contributed by atoms with Crippen molar-refractivity contribution in [2.75, 3.05) is 13.7 Å². The van der Waals surface area contributed by atoms with Crippen LogP contribution in [-0.2, 0) is 16.6 Å². The van der Waals surface area contributed by atoms with Crippen molar-refractivity contribution in [1.29, 1.82) is 0 Å². The summed E-state index contributed by atoms with van der Waals surface area (Å²) < 4.78 is 5.61. The Kier molecular flexibility index (Phi) is 4.32. The van der Waals surface area contributed by atoms with Crippen molar-refractivity contribution in [2.24, 2.45) is 7.05 Å². The minimum atomic E-state index is -0.439. The molecular weight excluding hydrogens is 274 g/mol. The van der Waals surface area contributed by atoms with Crippen LogP contribution in [-0.4, -0.2) is 35.3 Å². The molecule has 1 N–H and O–H groups in total. The van der Waals surface area contributed by atoms with E-state index in [1.807, 2.05) is 0 Å². The summed E-state index contributed by atoms with van der Waals surface area (Å²) in [5, 5.41) is 7.49. The van der Waals surface area contributed by atoms with E-state index >= 15 is 0 Å². The van der Waals surface area contributed by atoms with Gasteiger partial charge in [-0.3, -0.25) is 14.4 Å². The molecule has 110 valence electrons. The number of aromatic nitrogens is 2. The normalized spacial score (nSPS) is 10.4. The van der Waals surface area contributed by atoms with Gasteiger partial charge in [0.15, 0.2) is 5.69 Å². The summed E-state index contributed by atoms with van der Waals surface area (Å²) in [6.45, 7) is 0.143. The molecule has 0 radical (unpaired) electrons. The standard InChI is InChI=1S/C14H15N3O4/c1-17-14(20)10-6-4-3-5-9(10)12(16-17)13(19)15-8-7-11(18)21-2/h3-6H,7-8H2,1-2H3,(H,15,19). The Hall–Kier alpha value is -2.70. The molecule has 0 atom stereocenters. The maximum atomic E-state index is 12.2. The molecule has 1 aromatic heterocycles. The van der Waals surface area contributed by atoms with E-state index in [2.05, 4.69) is 15.2 Å². The maximum Gasteiger partial charge on any atom is 0.307 e. The Morgan fingerprint density at radius 1 is 1.29 bits per heavy atom. The van der Waals surface area contributed by atoms with Gasteiger partial charge < -0.3 is 10.1 Å². The van der Waals surface area contributed by atoms with Gasteiger partial charge in [-0.25, -0.2) is 4.68 Å². The van der Waals surface area contributed by atoms with Crippen molar-refractivity contribution < 1.29 is 14.3 Å². The molecule has 7 nitrogen and oxygen atoms in total. The molecular formula is C14H15N3O4. The Bertz CT molecular complexity index is 751. The molecule has 0 aliphatic rings. The predicted octanol–water partition coefficient (Wildman–Crippen LogP) is 0.226. The van der Waals surface area contributed by atoms with Gasteiger partial charge in [0.05, 0.1) is 18.9 Å². The van der Waals surface area contributed by atoms with Crippen LogP contribution >= 0.6 is 0 Å². The summed E-state index contributed by atoms with van der Waals surface area (Å²) in [6, 6.07) is 6.76. The van der Waals surface area contributed by atoms with Crippen molar-refractivity contribution in [3.05, 3.63) is 40.3 Å². The first-order chi connectivity index (χ1) is 10.0. The molecule has 0 aliphatic heterocycles. The first-order valence-electron chi connectivity index (χ1n) is 6.35. The summed E-state index contributed by atoms with van der Waals surface area (Å²) in [4.78, 5) is 35.1. The number of fused-ring (bicyclic) bond motifs is 1. The van der Waals surface area contributed by atoms with Crippen LogP contribution in [0.2, 0.25) is 0 Å². The number of esters is 1. The van der Waals surface area contributed by atoms with Crippen molar-refractivity contribution in [1.82, 2.24) is 15.1 Å². The smallest absolute Gasteiger partial charge is 0.307 e. The van der Waals surface area contributed by atoms with Crippen LogP contribution in [0.4, 0.5) is 0 Å². The second-order valence-corrected chi connectivity index (χ2v) is 4.40. The van der Waals surface area contributed by atoms with Crippen LogP contribution in [0.25, 0.3) is 10.8 Å². The lowest BCUT2D eigenvalue weighted by Crippen LogP contribution is -2.30. The van der Waals surface area contributed by atoms with Gasteiger partial charge in [0.1, 0.15) is 0 Å². The Balaban J connectivity index is 2.29. The average molecular weight is 289 g/mol. The number of carbonyl (C=O) groups is 2. The van der Waals surface area contributed by atoms with Gasteiger partial charge >= 0.3 is 5.97 Å². The minimum Gasteiger partial charge on any atom is -0.469 e. The van der Waals surface area contributed by atoms with Crippen LogP contribution in [0.3, 0.4) is 0 Å². The molecule has 1 heterocycles. The third-order valence-corrected chi connectivity index (χ3v) is 3.01. The van der Waals surface area contributed by atoms with Gasteiger partial charge in [-0.15, -0.1) is 0 Å². The van der Waals surface area contributed by atoms with E-state index < -0.39 is 11.9 Å². The van der Waals surface area contributed by atoms with Gasteiger partial charge in [0.25, 0.3) is 11.5 Å². The second-order valence-electron chi connectivity index (χ2n) is 4.40.